The molecule has 0 saturated heterocycles. The van der Waals surface area contributed by atoms with Crippen LogP contribution in [0.2, 0.25) is 5.02 Å². The van der Waals surface area contributed by atoms with Crippen molar-refractivity contribution in [2.45, 2.75) is 12.3 Å². The molecule has 0 unspecified atom stereocenters. The molecule has 1 aromatic carbocycles. The number of carbonyl (C=O) groups is 1. The van der Waals surface area contributed by atoms with Crippen molar-refractivity contribution in [1.29, 1.82) is 0 Å². The molecule has 6 heteroatoms. The quantitative estimate of drug-likeness (QED) is 0.635. The maximum Gasteiger partial charge on any atom is 0.304 e. The molecule has 0 amide bonds. The van der Waals surface area contributed by atoms with Crippen molar-refractivity contribution >= 4 is 17.6 Å². The van der Waals surface area contributed by atoms with Crippen LogP contribution in [0, 0.1) is 10.1 Å². The summed E-state index contributed by atoms with van der Waals surface area (Å²) in [5.41, 5.74) is 0.576. The number of carboxylic acid groups (broad SMARTS) is 1. The lowest BCUT2D eigenvalue weighted by molar-refractivity contribution is -0.483. The van der Waals surface area contributed by atoms with Crippen LogP contribution in [0.3, 0.4) is 0 Å². The molecule has 1 atom stereocenters. The lowest BCUT2D eigenvalue weighted by atomic mass is 9.96. The Labute approximate surface area is 96.8 Å². The molecule has 0 saturated carbocycles. The number of nitrogens with zero attached hydrogens (tertiary/aromatic N) is 1. The molecule has 0 radical (unpaired) electrons. The molecular weight excluding hydrogens is 234 g/mol. The Balaban J connectivity index is 2.90. The molecule has 0 fully saturated rings. The van der Waals surface area contributed by atoms with Gasteiger partial charge in [0.05, 0.1) is 12.3 Å². The van der Waals surface area contributed by atoms with Crippen molar-refractivity contribution in [1.82, 2.24) is 0 Å². The molecule has 5 nitrogen and oxygen atoms in total. The summed E-state index contributed by atoms with van der Waals surface area (Å²) in [7, 11) is 0. The SMILES string of the molecule is O=C(O)C[C@H](C[N+](=O)[O-])c1cccc(Cl)c1. The van der Waals surface area contributed by atoms with E-state index in [9.17, 15) is 14.9 Å². The molecular formula is C10H10ClNO4. The summed E-state index contributed by atoms with van der Waals surface area (Å²) in [6.45, 7) is -0.410. The van der Waals surface area contributed by atoms with Gasteiger partial charge in [-0.25, -0.2) is 0 Å². The monoisotopic (exact) mass is 243 g/mol. The van der Waals surface area contributed by atoms with Crippen molar-refractivity contribution in [2.75, 3.05) is 6.54 Å². The smallest absolute Gasteiger partial charge is 0.304 e. The molecule has 0 aliphatic carbocycles. The summed E-state index contributed by atoms with van der Waals surface area (Å²) in [4.78, 5) is 20.5. The molecule has 1 rings (SSSR count). The van der Waals surface area contributed by atoms with Crippen molar-refractivity contribution in [3.63, 3.8) is 0 Å². The van der Waals surface area contributed by atoms with Crippen molar-refractivity contribution < 1.29 is 14.8 Å². The number of aliphatic carboxylic acids is 1. The normalized spacial score (nSPS) is 12.1. The second kappa shape index (κ2) is 5.46. The fourth-order valence-corrected chi connectivity index (χ4v) is 1.64. The Morgan fingerprint density at radius 1 is 1.56 bits per heavy atom. The third-order valence-corrected chi connectivity index (χ3v) is 2.35. The van der Waals surface area contributed by atoms with Gasteiger partial charge in [0.1, 0.15) is 0 Å². The first kappa shape index (κ1) is 12.4. The predicted molar refractivity (Wildman–Crippen MR) is 58.3 cm³/mol. The summed E-state index contributed by atoms with van der Waals surface area (Å²) in [5, 5.41) is 19.5. The van der Waals surface area contributed by atoms with Gasteiger partial charge >= 0.3 is 5.97 Å². The van der Waals surface area contributed by atoms with E-state index in [-0.39, 0.29) is 6.42 Å². The first-order valence-corrected chi connectivity index (χ1v) is 4.96. The molecule has 0 heterocycles. The Hall–Kier alpha value is -1.62. The Morgan fingerprint density at radius 3 is 2.75 bits per heavy atom. The fourth-order valence-electron chi connectivity index (χ4n) is 1.44. The minimum absolute atomic E-state index is 0.276. The standard InChI is InChI=1S/C10H10ClNO4/c11-9-3-1-2-7(4-9)8(5-10(13)14)6-12(15)16/h1-4,8H,5-6H2,(H,13,14)/t8-/m1/s1. The zero-order valence-electron chi connectivity index (χ0n) is 8.30. The molecule has 16 heavy (non-hydrogen) atoms. The van der Waals surface area contributed by atoms with Gasteiger partial charge in [-0.15, -0.1) is 0 Å². The van der Waals surface area contributed by atoms with Gasteiger partial charge in [-0.1, -0.05) is 23.7 Å². The summed E-state index contributed by atoms with van der Waals surface area (Å²) < 4.78 is 0. The van der Waals surface area contributed by atoms with Gasteiger partial charge in [0.25, 0.3) is 0 Å². The van der Waals surface area contributed by atoms with E-state index < -0.39 is 23.4 Å². The topological polar surface area (TPSA) is 80.4 Å². The molecule has 0 bridgehead atoms. The first-order valence-electron chi connectivity index (χ1n) is 4.58. The maximum absolute atomic E-state index is 10.6. The highest BCUT2D eigenvalue weighted by Gasteiger charge is 2.21. The van der Waals surface area contributed by atoms with E-state index in [0.29, 0.717) is 10.6 Å². The van der Waals surface area contributed by atoms with Gasteiger partial charge < -0.3 is 5.11 Å². The van der Waals surface area contributed by atoms with Crippen LogP contribution in [0.15, 0.2) is 24.3 Å². The van der Waals surface area contributed by atoms with Gasteiger partial charge in [-0.2, -0.15) is 0 Å². The van der Waals surface area contributed by atoms with E-state index in [1.807, 2.05) is 0 Å². The van der Waals surface area contributed by atoms with Crippen molar-refractivity contribution in [2.24, 2.45) is 0 Å². The molecule has 86 valence electrons. The second-order valence-corrected chi connectivity index (χ2v) is 3.80. The van der Waals surface area contributed by atoms with Crippen LogP contribution in [0.5, 0.6) is 0 Å². The number of benzene rings is 1. The molecule has 1 aromatic rings. The molecule has 0 aromatic heterocycles. The zero-order valence-corrected chi connectivity index (χ0v) is 9.05. The third kappa shape index (κ3) is 3.86. The minimum Gasteiger partial charge on any atom is -0.481 e. The van der Waals surface area contributed by atoms with Gasteiger partial charge in [0.15, 0.2) is 0 Å². The third-order valence-electron chi connectivity index (χ3n) is 2.11. The predicted octanol–water partition coefficient (Wildman–Crippen LogP) is 2.17. The first-order chi connectivity index (χ1) is 7.49. The number of hydrogen-bond donors (Lipinski definition) is 1. The van der Waals surface area contributed by atoms with E-state index >= 15 is 0 Å². The number of carboxylic acids is 1. The highest BCUT2D eigenvalue weighted by molar-refractivity contribution is 6.30. The second-order valence-electron chi connectivity index (χ2n) is 3.37. The summed E-state index contributed by atoms with van der Waals surface area (Å²) in [6.07, 6.45) is -0.276. The summed E-state index contributed by atoms with van der Waals surface area (Å²) in [5.74, 6) is -1.71. The molecule has 0 aliphatic rings. The highest BCUT2D eigenvalue weighted by Crippen LogP contribution is 2.22. The van der Waals surface area contributed by atoms with Gasteiger partial charge in [-0.05, 0) is 17.7 Å². The van der Waals surface area contributed by atoms with E-state index in [1.165, 1.54) is 0 Å². The zero-order chi connectivity index (χ0) is 12.1. The van der Waals surface area contributed by atoms with Crippen LogP contribution < -0.4 is 0 Å². The van der Waals surface area contributed by atoms with E-state index in [0.717, 1.165) is 0 Å². The Morgan fingerprint density at radius 2 is 2.25 bits per heavy atom. The fraction of sp³-hybridized carbons (Fsp3) is 0.300. The van der Waals surface area contributed by atoms with Gasteiger partial charge in [0, 0.05) is 9.95 Å². The van der Waals surface area contributed by atoms with Crippen molar-refractivity contribution in [3.05, 3.63) is 45.0 Å². The average Bonchev–Trinajstić information content (AvgIpc) is 2.15. The Bertz CT molecular complexity index is 392. The van der Waals surface area contributed by atoms with Crippen LogP contribution in [0.1, 0.15) is 17.9 Å². The largest absolute Gasteiger partial charge is 0.481 e. The van der Waals surface area contributed by atoms with E-state index in [2.05, 4.69) is 0 Å². The van der Waals surface area contributed by atoms with Crippen LogP contribution in [0.25, 0.3) is 0 Å². The van der Waals surface area contributed by atoms with Crippen LogP contribution in [-0.4, -0.2) is 22.5 Å². The highest BCUT2D eigenvalue weighted by atomic mass is 35.5. The minimum atomic E-state index is -1.06. The van der Waals surface area contributed by atoms with Crippen LogP contribution in [-0.2, 0) is 4.79 Å². The number of hydrogen-bond acceptors (Lipinski definition) is 3. The van der Waals surface area contributed by atoms with Crippen molar-refractivity contribution in [3.8, 4) is 0 Å². The molecule has 1 N–H and O–H groups in total. The number of halogens is 1. The lowest BCUT2D eigenvalue weighted by Gasteiger charge is -2.10. The number of rotatable bonds is 5. The van der Waals surface area contributed by atoms with Gasteiger partial charge in [0.2, 0.25) is 6.54 Å². The van der Waals surface area contributed by atoms with Crippen LogP contribution in [0.4, 0.5) is 0 Å². The number of nitro groups is 1. The van der Waals surface area contributed by atoms with E-state index in [1.54, 1.807) is 24.3 Å². The lowest BCUT2D eigenvalue weighted by Crippen LogP contribution is -2.16. The summed E-state index contributed by atoms with van der Waals surface area (Å²) in [6, 6.07) is 6.48. The molecule has 0 spiro atoms. The van der Waals surface area contributed by atoms with E-state index in [4.69, 9.17) is 16.7 Å². The average molecular weight is 244 g/mol. The Kier molecular flexibility index (Phi) is 4.25. The molecule has 0 aliphatic heterocycles. The van der Waals surface area contributed by atoms with Crippen LogP contribution >= 0.6 is 11.6 Å². The maximum atomic E-state index is 10.6. The summed E-state index contributed by atoms with van der Waals surface area (Å²) >= 11 is 5.74. The van der Waals surface area contributed by atoms with Gasteiger partial charge in [-0.3, -0.25) is 14.9 Å².